The molecule has 0 saturated carbocycles. The molecule has 0 bridgehead atoms. The first-order valence-electron chi connectivity index (χ1n) is 9.03. The van der Waals surface area contributed by atoms with Crippen LogP contribution in [0.3, 0.4) is 0 Å². The average molecular weight is 383 g/mol. The third-order valence-electron chi connectivity index (χ3n) is 4.76. The molecule has 10 heteroatoms. The summed E-state index contributed by atoms with van der Waals surface area (Å²) in [6, 6.07) is 6.66. The van der Waals surface area contributed by atoms with Gasteiger partial charge in [-0.3, -0.25) is 4.79 Å². The number of fused-ring (bicyclic) bond motifs is 1. The first-order valence-corrected chi connectivity index (χ1v) is 9.03. The molecule has 10 nitrogen and oxygen atoms in total. The fourth-order valence-electron chi connectivity index (χ4n) is 3.13. The molecule has 1 aliphatic rings. The Labute approximate surface area is 160 Å². The number of primary amides is 1. The molecule has 0 aliphatic carbocycles. The van der Waals surface area contributed by atoms with Crippen LogP contribution in [0.2, 0.25) is 0 Å². The van der Waals surface area contributed by atoms with Gasteiger partial charge in [0.05, 0.1) is 19.8 Å². The normalized spacial score (nSPS) is 15.7. The molecular weight excluding hydrogens is 362 g/mol. The smallest absolute Gasteiger partial charge is 0.242 e. The van der Waals surface area contributed by atoms with Crippen molar-refractivity contribution in [2.24, 2.45) is 5.73 Å². The molecule has 1 aliphatic heterocycles. The second-order valence-corrected chi connectivity index (χ2v) is 6.61. The predicted octanol–water partition coefficient (Wildman–Crippen LogP) is 0.264. The summed E-state index contributed by atoms with van der Waals surface area (Å²) in [6.45, 7) is 4.09. The van der Waals surface area contributed by atoms with Crippen LogP contribution in [0, 0.1) is 0 Å². The second-order valence-electron chi connectivity index (χ2n) is 6.61. The average Bonchev–Trinajstić information content (AvgIpc) is 3.17. The zero-order valence-corrected chi connectivity index (χ0v) is 15.4. The van der Waals surface area contributed by atoms with Crippen molar-refractivity contribution in [2.75, 3.05) is 31.2 Å². The number of hydrogen-bond acceptors (Lipinski definition) is 8. The van der Waals surface area contributed by atoms with Crippen LogP contribution in [-0.2, 0) is 16.1 Å². The molecular formula is C18H21N7O3. The van der Waals surface area contributed by atoms with E-state index in [2.05, 4.69) is 20.2 Å². The number of aromatic nitrogens is 5. The van der Waals surface area contributed by atoms with Gasteiger partial charge >= 0.3 is 0 Å². The molecule has 3 heterocycles. The molecule has 0 spiro atoms. The number of rotatable bonds is 5. The number of nitrogens with zero attached hydrogens (tertiary/aromatic N) is 6. The van der Waals surface area contributed by atoms with Gasteiger partial charge < -0.3 is 20.5 Å². The molecule has 0 radical (unpaired) electrons. The Kier molecular flexibility index (Phi) is 4.88. The number of hydrogen-bond donors (Lipinski definition) is 2. The van der Waals surface area contributed by atoms with E-state index in [4.69, 9.17) is 15.5 Å². The van der Waals surface area contributed by atoms with E-state index in [-0.39, 0.29) is 6.61 Å². The Bertz CT molecular complexity index is 1010. The third kappa shape index (κ3) is 3.27. The van der Waals surface area contributed by atoms with Crippen molar-refractivity contribution in [3.8, 4) is 11.4 Å². The molecule has 1 amide bonds. The minimum absolute atomic E-state index is 0.0788. The molecule has 1 unspecified atom stereocenters. The van der Waals surface area contributed by atoms with Gasteiger partial charge in [-0.15, -0.1) is 5.10 Å². The van der Waals surface area contributed by atoms with Crippen molar-refractivity contribution in [3.05, 3.63) is 29.8 Å². The van der Waals surface area contributed by atoms with Crippen molar-refractivity contribution in [1.82, 2.24) is 25.0 Å². The van der Waals surface area contributed by atoms with Crippen LogP contribution in [0.5, 0.6) is 0 Å². The molecule has 28 heavy (non-hydrogen) atoms. The van der Waals surface area contributed by atoms with Gasteiger partial charge in [0.25, 0.3) is 0 Å². The van der Waals surface area contributed by atoms with Gasteiger partial charge in [-0.2, -0.15) is 0 Å². The highest BCUT2D eigenvalue weighted by atomic mass is 16.5. The monoisotopic (exact) mass is 383 g/mol. The largest absolute Gasteiger partial charge is 0.392 e. The Hall–Kier alpha value is -3.11. The summed E-state index contributed by atoms with van der Waals surface area (Å²) in [5, 5.41) is 17.8. The summed E-state index contributed by atoms with van der Waals surface area (Å²) in [5.41, 5.74) is 7.92. The fraction of sp³-hybridized carbons (Fsp3) is 0.389. The Balaban J connectivity index is 1.91. The fourth-order valence-corrected chi connectivity index (χ4v) is 3.13. The lowest BCUT2D eigenvalue weighted by molar-refractivity contribution is -0.120. The van der Waals surface area contributed by atoms with E-state index >= 15 is 0 Å². The van der Waals surface area contributed by atoms with E-state index in [9.17, 15) is 9.90 Å². The first kappa shape index (κ1) is 18.3. The number of nitrogens with two attached hydrogens (primary N) is 1. The van der Waals surface area contributed by atoms with Crippen LogP contribution >= 0.6 is 0 Å². The summed E-state index contributed by atoms with van der Waals surface area (Å²) in [5.74, 6) is 0.576. The number of anilines is 1. The number of amides is 1. The van der Waals surface area contributed by atoms with Gasteiger partial charge in [0.1, 0.15) is 6.04 Å². The molecule has 2 aromatic heterocycles. The van der Waals surface area contributed by atoms with E-state index in [0.29, 0.717) is 49.1 Å². The molecule has 1 aromatic carbocycles. The number of carbonyl (C=O) groups excluding carboxylic acids is 1. The van der Waals surface area contributed by atoms with Gasteiger partial charge in [-0.1, -0.05) is 23.4 Å². The zero-order valence-electron chi connectivity index (χ0n) is 15.4. The molecule has 146 valence electrons. The van der Waals surface area contributed by atoms with Crippen molar-refractivity contribution in [3.63, 3.8) is 0 Å². The Morgan fingerprint density at radius 2 is 2.11 bits per heavy atom. The predicted molar refractivity (Wildman–Crippen MR) is 101 cm³/mol. The highest BCUT2D eigenvalue weighted by molar-refractivity contribution is 5.87. The van der Waals surface area contributed by atoms with E-state index < -0.39 is 11.9 Å². The lowest BCUT2D eigenvalue weighted by Gasteiger charge is -2.28. The molecule has 3 N–H and O–H groups in total. The first-order chi connectivity index (χ1) is 13.6. The van der Waals surface area contributed by atoms with E-state index in [1.165, 1.54) is 4.68 Å². The van der Waals surface area contributed by atoms with Crippen LogP contribution in [0.15, 0.2) is 24.3 Å². The number of ether oxygens (including phenoxy) is 1. The molecule has 4 rings (SSSR count). The summed E-state index contributed by atoms with van der Waals surface area (Å²) < 4.78 is 6.86. The van der Waals surface area contributed by atoms with E-state index in [0.717, 1.165) is 11.1 Å². The minimum Gasteiger partial charge on any atom is -0.392 e. The van der Waals surface area contributed by atoms with Crippen molar-refractivity contribution >= 4 is 22.9 Å². The molecule has 1 atom stereocenters. The molecule has 3 aromatic rings. The maximum atomic E-state index is 11.7. The number of morpholine rings is 1. The highest BCUT2D eigenvalue weighted by Gasteiger charge is 2.24. The summed E-state index contributed by atoms with van der Waals surface area (Å²) >= 11 is 0. The standard InChI is InChI=1S/C18H21N7O3/c1-11(15(19)27)25-18-14(22-23-25)17(24-5-7-28-8-6-24)20-16(21-18)13-4-2-3-12(9-13)10-26/h2-4,9,11,26H,5-8,10H2,1H3,(H2,19,27). The van der Waals surface area contributed by atoms with Crippen LogP contribution in [0.1, 0.15) is 18.5 Å². The van der Waals surface area contributed by atoms with E-state index in [1.807, 2.05) is 24.3 Å². The van der Waals surface area contributed by atoms with Gasteiger partial charge in [0, 0.05) is 18.7 Å². The van der Waals surface area contributed by atoms with Crippen LogP contribution < -0.4 is 10.6 Å². The summed E-state index contributed by atoms with van der Waals surface area (Å²) in [6.07, 6.45) is 0. The Morgan fingerprint density at radius 3 is 2.82 bits per heavy atom. The number of benzene rings is 1. The maximum Gasteiger partial charge on any atom is 0.242 e. The van der Waals surface area contributed by atoms with Crippen molar-refractivity contribution < 1.29 is 14.6 Å². The van der Waals surface area contributed by atoms with Gasteiger partial charge in [0.15, 0.2) is 22.8 Å². The van der Waals surface area contributed by atoms with Gasteiger partial charge in [0.2, 0.25) is 5.91 Å². The topological polar surface area (TPSA) is 132 Å². The van der Waals surface area contributed by atoms with Gasteiger partial charge in [-0.05, 0) is 18.6 Å². The minimum atomic E-state index is -0.700. The lowest BCUT2D eigenvalue weighted by Crippen LogP contribution is -2.37. The maximum absolute atomic E-state index is 11.7. The van der Waals surface area contributed by atoms with E-state index in [1.54, 1.807) is 6.92 Å². The lowest BCUT2D eigenvalue weighted by atomic mass is 10.1. The summed E-state index contributed by atoms with van der Waals surface area (Å²) in [4.78, 5) is 23.1. The van der Waals surface area contributed by atoms with Crippen LogP contribution in [-0.4, -0.2) is 62.3 Å². The Morgan fingerprint density at radius 1 is 1.32 bits per heavy atom. The number of aliphatic hydroxyl groups is 1. The summed E-state index contributed by atoms with van der Waals surface area (Å²) in [7, 11) is 0. The second kappa shape index (κ2) is 7.49. The van der Waals surface area contributed by atoms with Crippen LogP contribution in [0.4, 0.5) is 5.82 Å². The quantitative estimate of drug-likeness (QED) is 0.641. The molecule has 1 saturated heterocycles. The number of carbonyl (C=O) groups is 1. The van der Waals surface area contributed by atoms with Crippen molar-refractivity contribution in [1.29, 1.82) is 0 Å². The SMILES string of the molecule is CC(C(N)=O)n1nnc2c(N3CCOCC3)nc(-c3cccc(CO)c3)nc21. The molecule has 1 fully saturated rings. The number of aliphatic hydroxyl groups excluding tert-OH is 1. The third-order valence-corrected chi connectivity index (χ3v) is 4.76. The van der Waals surface area contributed by atoms with Crippen LogP contribution in [0.25, 0.3) is 22.6 Å². The highest BCUT2D eigenvalue weighted by Crippen LogP contribution is 2.28. The van der Waals surface area contributed by atoms with Gasteiger partial charge in [-0.25, -0.2) is 14.6 Å². The zero-order chi connectivity index (χ0) is 19.7. The van der Waals surface area contributed by atoms with Crippen molar-refractivity contribution in [2.45, 2.75) is 19.6 Å².